The predicted octanol–water partition coefficient (Wildman–Crippen LogP) is 2.41. The maximum atomic E-state index is 12.9. The summed E-state index contributed by atoms with van der Waals surface area (Å²) in [7, 11) is 0. The quantitative estimate of drug-likeness (QED) is 0.839. The minimum atomic E-state index is -0.0834. The number of anilines is 1. The Balaban J connectivity index is 1.94. The average molecular weight is 258 g/mol. The van der Waals surface area contributed by atoms with Crippen LogP contribution >= 0.6 is 0 Å². The number of carbonyl (C=O) groups is 1. The van der Waals surface area contributed by atoms with Gasteiger partial charge in [-0.1, -0.05) is 18.2 Å². The fourth-order valence-corrected chi connectivity index (χ4v) is 3.63. The average Bonchev–Trinajstić information content (AvgIpc) is 2.69. The largest absolute Gasteiger partial charge is 0.317 e. The fourth-order valence-electron chi connectivity index (χ4n) is 3.63. The zero-order valence-corrected chi connectivity index (χ0v) is 11.8. The van der Waals surface area contributed by atoms with E-state index >= 15 is 0 Å². The zero-order chi connectivity index (χ0) is 13.5. The van der Waals surface area contributed by atoms with Crippen molar-refractivity contribution in [3.05, 3.63) is 29.3 Å². The minimum absolute atomic E-state index is 0.0834. The molecule has 2 fully saturated rings. The highest BCUT2D eigenvalue weighted by molar-refractivity contribution is 6.01. The molecule has 2 heterocycles. The van der Waals surface area contributed by atoms with Gasteiger partial charge in [-0.25, -0.2) is 0 Å². The molecule has 19 heavy (non-hydrogen) atoms. The van der Waals surface area contributed by atoms with Crippen LogP contribution in [0.5, 0.6) is 0 Å². The van der Waals surface area contributed by atoms with Crippen LogP contribution in [0.2, 0.25) is 0 Å². The van der Waals surface area contributed by atoms with Crippen LogP contribution < -0.4 is 10.2 Å². The van der Waals surface area contributed by atoms with Crippen molar-refractivity contribution in [2.45, 2.75) is 33.1 Å². The first-order chi connectivity index (χ1) is 9.14. The van der Waals surface area contributed by atoms with Gasteiger partial charge >= 0.3 is 0 Å². The molecule has 2 saturated heterocycles. The van der Waals surface area contributed by atoms with E-state index in [-0.39, 0.29) is 5.41 Å². The number of hydrogen-bond acceptors (Lipinski definition) is 2. The maximum absolute atomic E-state index is 12.9. The lowest BCUT2D eigenvalue weighted by atomic mass is 9.77. The van der Waals surface area contributed by atoms with Crippen molar-refractivity contribution < 1.29 is 4.79 Å². The number of nitrogens with zero attached hydrogens (tertiary/aromatic N) is 1. The van der Waals surface area contributed by atoms with Gasteiger partial charge in [0.25, 0.3) is 0 Å². The molecular formula is C16H22N2O. The van der Waals surface area contributed by atoms with Gasteiger partial charge in [0.2, 0.25) is 5.91 Å². The Labute approximate surface area is 115 Å². The van der Waals surface area contributed by atoms with Crippen LogP contribution in [0.4, 0.5) is 5.69 Å². The van der Waals surface area contributed by atoms with Crippen molar-refractivity contribution in [3.63, 3.8) is 0 Å². The third-order valence-corrected chi connectivity index (χ3v) is 4.78. The second-order valence-corrected chi connectivity index (χ2v) is 5.98. The third kappa shape index (κ3) is 1.96. The molecule has 1 spiro atoms. The van der Waals surface area contributed by atoms with E-state index < -0.39 is 0 Å². The Hall–Kier alpha value is -1.35. The molecule has 0 unspecified atom stereocenters. The van der Waals surface area contributed by atoms with Crippen molar-refractivity contribution in [2.75, 3.05) is 24.5 Å². The number of piperidine rings is 1. The van der Waals surface area contributed by atoms with E-state index in [1.54, 1.807) is 0 Å². The van der Waals surface area contributed by atoms with Crippen LogP contribution in [-0.2, 0) is 4.79 Å². The molecular weight excluding hydrogens is 236 g/mol. The Kier molecular flexibility index (Phi) is 3.09. The van der Waals surface area contributed by atoms with Crippen molar-refractivity contribution in [2.24, 2.45) is 5.41 Å². The first-order valence-electron chi connectivity index (χ1n) is 7.23. The van der Waals surface area contributed by atoms with Gasteiger partial charge < -0.3 is 10.2 Å². The molecule has 1 aromatic carbocycles. The summed E-state index contributed by atoms with van der Waals surface area (Å²) < 4.78 is 0. The van der Waals surface area contributed by atoms with E-state index in [9.17, 15) is 4.79 Å². The Morgan fingerprint density at radius 1 is 1.11 bits per heavy atom. The molecule has 0 aromatic heterocycles. The van der Waals surface area contributed by atoms with Crippen molar-refractivity contribution >= 4 is 11.6 Å². The minimum Gasteiger partial charge on any atom is -0.317 e. The molecule has 1 aromatic rings. The molecule has 0 bridgehead atoms. The van der Waals surface area contributed by atoms with Gasteiger partial charge in [-0.3, -0.25) is 4.79 Å². The van der Waals surface area contributed by atoms with Crippen molar-refractivity contribution in [1.29, 1.82) is 0 Å². The highest BCUT2D eigenvalue weighted by Crippen LogP contribution is 2.42. The molecule has 3 nitrogen and oxygen atoms in total. The number of benzene rings is 1. The number of rotatable bonds is 1. The van der Waals surface area contributed by atoms with Gasteiger partial charge in [-0.15, -0.1) is 0 Å². The van der Waals surface area contributed by atoms with Gasteiger partial charge in [0.05, 0.1) is 5.41 Å². The monoisotopic (exact) mass is 258 g/mol. The second-order valence-electron chi connectivity index (χ2n) is 5.98. The summed E-state index contributed by atoms with van der Waals surface area (Å²) >= 11 is 0. The van der Waals surface area contributed by atoms with Crippen LogP contribution in [0, 0.1) is 19.3 Å². The molecule has 0 radical (unpaired) electrons. The van der Waals surface area contributed by atoms with Crippen LogP contribution in [0.25, 0.3) is 0 Å². The molecule has 2 aliphatic heterocycles. The van der Waals surface area contributed by atoms with E-state index in [0.717, 1.165) is 44.6 Å². The van der Waals surface area contributed by atoms with E-state index in [1.807, 2.05) is 4.90 Å². The van der Waals surface area contributed by atoms with E-state index in [1.165, 1.54) is 11.1 Å². The van der Waals surface area contributed by atoms with E-state index in [4.69, 9.17) is 0 Å². The highest BCUT2D eigenvalue weighted by atomic mass is 16.2. The number of carbonyl (C=O) groups excluding carboxylic acids is 1. The summed E-state index contributed by atoms with van der Waals surface area (Å²) in [5.41, 5.74) is 3.47. The summed E-state index contributed by atoms with van der Waals surface area (Å²) in [6.07, 6.45) is 3.00. The van der Waals surface area contributed by atoms with Crippen LogP contribution in [0.1, 0.15) is 30.4 Å². The summed E-state index contributed by atoms with van der Waals surface area (Å²) in [4.78, 5) is 14.9. The molecule has 0 saturated carbocycles. The lowest BCUT2D eigenvalue weighted by molar-refractivity contribution is -0.126. The van der Waals surface area contributed by atoms with Gasteiger partial charge in [-0.2, -0.15) is 0 Å². The molecule has 3 rings (SSSR count). The smallest absolute Gasteiger partial charge is 0.233 e. The second kappa shape index (κ2) is 4.64. The van der Waals surface area contributed by atoms with Gasteiger partial charge in [0, 0.05) is 12.2 Å². The normalized spacial score (nSPS) is 22.2. The first-order valence-corrected chi connectivity index (χ1v) is 7.23. The molecule has 0 aliphatic carbocycles. The van der Waals surface area contributed by atoms with Crippen LogP contribution in [0.3, 0.4) is 0 Å². The first kappa shape index (κ1) is 12.7. The lowest BCUT2D eigenvalue weighted by Gasteiger charge is -2.32. The number of nitrogens with one attached hydrogen (secondary N) is 1. The maximum Gasteiger partial charge on any atom is 0.233 e. The van der Waals surface area contributed by atoms with Gasteiger partial charge in [0.1, 0.15) is 0 Å². The summed E-state index contributed by atoms with van der Waals surface area (Å²) in [6.45, 7) is 7.04. The summed E-state index contributed by atoms with van der Waals surface area (Å²) in [6, 6.07) is 6.26. The molecule has 102 valence electrons. The Morgan fingerprint density at radius 3 is 2.37 bits per heavy atom. The zero-order valence-electron chi connectivity index (χ0n) is 11.8. The van der Waals surface area contributed by atoms with E-state index in [2.05, 4.69) is 37.4 Å². The lowest BCUT2D eigenvalue weighted by Crippen LogP contribution is -2.43. The molecule has 3 heteroatoms. The topological polar surface area (TPSA) is 32.3 Å². The summed E-state index contributed by atoms with van der Waals surface area (Å²) in [5, 5.41) is 3.36. The SMILES string of the molecule is Cc1cccc(C)c1N1CCC2(CCNCC2)C1=O. The van der Waals surface area contributed by atoms with Gasteiger partial charge in [0.15, 0.2) is 0 Å². The number of hydrogen-bond donors (Lipinski definition) is 1. The van der Waals surface area contributed by atoms with Crippen LogP contribution in [0.15, 0.2) is 18.2 Å². The summed E-state index contributed by atoms with van der Waals surface area (Å²) in [5.74, 6) is 0.353. The Morgan fingerprint density at radius 2 is 1.74 bits per heavy atom. The van der Waals surface area contributed by atoms with Crippen LogP contribution in [-0.4, -0.2) is 25.5 Å². The third-order valence-electron chi connectivity index (χ3n) is 4.78. The van der Waals surface area contributed by atoms with Crippen molar-refractivity contribution in [3.8, 4) is 0 Å². The molecule has 1 amide bonds. The number of aryl methyl sites for hydroxylation is 2. The number of para-hydroxylation sites is 1. The highest BCUT2D eigenvalue weighted by Gasteiger charge is 2.47. The standard InChI is InChI=1S/C16H22N2O/c1-12-4-3-5-13(2)14(12)18-11-8-16(15(18)19)6-9-17-10-7-16/h3-5,17H,6-11H2,1-2H3. The van der Waals surface area contributed by atoms with Gasteiger partial charge in [-0.05, 0) is 57.3 Å². The van der Waals surface area contributed by atoms with Crippen molar-refractivity contribution in [1.82, 2.24) is 5.32 Å². The molecule has 0 atom stereocenters. The number of amides is 1. The Bertz CT molecular complexity index is 483. The molecule has 2 aliphatic rings. The van der Waals surface area contributed by atoms with E-state index in [0.29, 0.717) is 5.91 Å². The predicted molar refractivity (Wildman–Crippen MR) is 77.4 cm³/mol. The molecule has 1 N–H and O–H groups in total. The fraction of sp³-hybridized carbons (Fsp3) is 0.562.